The summed E-state index contributed by atoms with van der Waals surface area (Å²) in [4.78, 5) is 11.9. The molecule has 0 radical (unpaired) electrons. The van der Waals surface area contributed by atoms with E-state index in [1.807, 2.05) is 38.1 Å². The van der Waals surface area contributed by atoms with Crippen LogP contribution < -0.4 is 9.47 Å². The van der Waals surface area contributed by atoms with Gasteiger partial charge in [0.1, 0.15) is 11.5 Å². The minimum Gasteiger partial charge on any atom is -0.481 e. The molecule has 0 aromatic heterocycles. The van der Waals surface area contributed by atoms with Crippen LogP contribution in [0.2, 0.25) is 0 Å². The van der Waals surface area contributed by atoms with E-state index in [0.717, 1.165) is 27.8 Å². The monoisotopic (exact) mass is 362 g/mol. The molecule has 0 N–H and O–H groups in total. The van der Waals surface area contributed by atoms with Crippen LogP contribution in [0.25, 0.3) is 0 Å². The fourth-order valence-electron chi connectivity index (χ4n) is 2.21. The van der Waals surface area contributed by atoms with Gasteiger partial charge in [-0.2, -0.15) is 0 Å². The summed E-state index contributed by atoms with van der Waals surface area (Å²) < 4.78 is 11.9. The van der Waals surface area contributed by atoms with Crippen molar-refractivity contribution in [2.75, 3.05) is 6.61 Å². The minimum absolute atomic E-state index is 0.112. The molecule has 0 bridgehead atoms. The number of esters is 1. The second kappa shape index (κ2) is 7.45. The van der Waals surface area contributed by atoms with Gasteiger partial charge in [0.15, 0.2) is 6.61 Å². The van der Waals surface area contributed by atoms with Crippen LogP contribution in [0.1, 0.15) is 23.6 Å². The molecular formula is C18H19BrO3. The fraction of sp³-hybridized carbons (Fsp3) is 0.278. The first-order valence-electron chi connectivity index (χ1n) is 7.18. The molecule has 0 aliphatic rings. The van der Waals surface area contributed by atoms with Crippen molar-refractivity contribution in [3.05, 3.63) is 57.6 Å². The van der Waals surface area contributed by atoms with Crippen molar-refractivity contribution in [1.82, 2.24) is 0 Å². The number of benzene rings is 2. The Morgan fingerprint density at radius 3 is 2.23 bits per heavy atom. The molecule has 4 heteroatoms. The summed E-state index contributed by atoms with van der Waals surface area (Å²) in [6.45, 7) is 5.86. The first-order valence-corrected chi connectivity index (χ1v) is 7.98. The molecule has 0 amide bonds. The van der Waals surface area contributed by atoms with Gasteiger partial charge in [0.25, 0.3) is 0 Å². The molecule has 0 saturated carbocycles. The van der Waals surface area contributed by atoms with Crippen LogP contribution in [0.3, 0.4) is 0 Å². The van der Waals surface area contributed by atoms with E-state index in [0.29, 0.717) is 5.75 Å². The Bertz CT molecular complexity index is 640. The summed E-state index contributed by atoms with van der Waals surface area (Å²) in [6, 6.07) is 11.4. The Hall–Kier alpha value is -1.81. The Labute approximate surface area is 139 Å². The lowest BCUT2D eigenvalue weighted by Crippen LogP contribution is -2.18. The molecule has 116 valence electrons. The highest BCUT2D eigenvalue weighted by molar-refractivity contribution is 9.10. The molecule has 0 spiro atoms. The highest BCUT2D eigenvalue weighted by Crippen LogP contribution is 2.27. The predicted octanol–water partition coefficient (Wildman–Crippen LogP) is 4.61. The fourth-order valence-corrected chi connectivity index (χ4v) is 2.90. The maximum Gasteiger partial charge on any atom is 0.349 e. The van der Waals surface area contributed by atoms with Crippen LogP contribution in [0.4, 0.5) is 0 Å². The third-order valence-corrected chi connectivity index (χ3v) is 3.78. The normalized spacial score (nSPS) is 10.4. The van der Waals surface area contributed by atoms with Crippen molar-refractivity contribution in [2.45, 2.75) is 27.2 Å². The molecule has 0 unspecified atom stereocenters. The Kier molecular flexibility index (Phi) is 5.61. The van der Waals surface area contributed by atoms with E-state index in [4.69, 9.17) is 9.47 Å². The number of hydrogen-bond acceptors (Lipinski definition) is 3. The van der Waals surface area contributed by atoms with E-state index in [-0.39, 0.29) is 6.61 Å². The summed E-state index contributed by atoms with van der Waals surface area (Å²) in [6.07, 6.45) is 0.958. The lowest BCUT2D eigenvalue weighted by atomic mass is 10.1. The van der Waals surface area contributed by atoms with Gasteiger partial charge in [-0.1, -0.05) is 35.0 Å². The van der Waals surface area contributed by atoms with Gasteiger partial charge in [0, 0.05) is 4.47 Å². The van der Waals surface area contributed by atoms with E-state index >= 15 is 0 Å². The zero-order valence-electron chi connectivity index (χ0n) is 13.0. The Balaban J connectivity index is 1.95. The number of rotatable bonds is 5. The first-order chi connectivity index (χ1) is 10.5. The third kappa shape index (κ3) is 4.34. The van der Waals surface area contributed by atoms with Gasteiger partial charge in [-0.15, -0.1) is 0 Å². The van der Waals surface area contributed by atoms with E-state index in [1.54, 1.807) is 12.1 Å². The minimum atomic E-state index is -0.411. The van der Waals surface area contributed by atoms with Crippen LogP contribution in [0.5, 0.6) is 11.5 Å². The van der Waals surface area contributed by atoms with Gasteiger partial charge in [-0.3, -0.25) is 0 Å². The number of carbonyl (C=O) groups excluding carboxylic acids is 1. The summed E-state index contributed by atoms with van der Waals surface area (Å²) in [5.41, 5.74) is 3.16. The molecule has 2 rings (SSSR count). The lowest BCUT2D eigenvalue weighted by molar-refractivity contribution is -0.136. The SMILES string of the molecule is CCc1ccc(OC(=O)COc2c(C)cc(Br)cc2C)cc1. The summed E-state index contributed by atoms with van der Waals surface area (Å²) in [7, 11) is 0. The van der Waals surface area contributed by atoms with Crippen molar-refractivity contribution in [3.8, 4) is 11.5 Å². The van der Waals surface area contributed by atoms with E-state index in [9.17, 15) is 4.79 Å². The van der Waals surface area contributed by atoms with Gasteiger partial charge in [-0.05, 0) is 61.2 Å². The molecular weight excluding hydrogens is 344 g/mol. The molecule has 0 heterocycles. The predicted molar refractivity (Wildman–Crippen MR) is 90.6 cm³/mol. The van der Waals surface area contributed by atoms with Gasteiger partial charge < -0.3 is 9.47 Å². The molecule has 0 aliphatic heterocycles. The average molecular weight is 363 g/mol. The number of hydrogen-bond donors (Lipinski definition) is 0. The van der Waals surface area contributed by atoms with Gasteiger partial charge in [-0.25, -0.2) is 4.79 Å². The van der Waals surface area contributed by atoms with Crippen molar-refractivity contribution >= 4 is 21.9 Å². The molecule has 0 saturated heterocycles. The van der Waals surface area contributed by atoms with Crippen LogP contribution in [-0.4, -0.2) is 12.6 Å². The second-order valence-electron chi connectivity index (χ2n) is 5.13. The Morgan fingerprint density at radius 2 is 1.68 bits per heavy atom. The molecule has 0 fully saturated rings. The van der Waals surface area contributed by atoms with Crippen molar-refractivity contribution in [1.29, 1.82) is 0 Å². The maximum atomic E-state index is 11.9. The van der Waals surface area contributed by atoms with Crippen molar-refractivity contribution < 1.29 is 14.3 Å². The summed E-state index contributed by atoms with van der Waals surface area (Å²) >= 11 is 3.44. The van der Waals surface area contributed by atoms with Crippen LogP contribution >= 0.6 is 15.9 Å². The maximum absolute atomic E-state index is 11.9. The smallest absolute Gasteiger partial charge is 0.349 e. The van der Waals surface area contributed by atoms with E-state index < -0.39 is 5.97 Å². The number of ether oxygens (including phenoxy) is 2. The largest absolute Gasteiger partial charge is 0.481 e. The lowest BCUT2D eigenvalue weighted by Gasteiger charge is -2.12. The molecule has 0 atom stereocenters. The number of carbonyl (C=O) groups is 1. The molecule has 22 heavy (non-hydrogen) atoms. The molecule has 2 aromatic rings. The van der Waals surface area contributed by atoms with E-state index in [2.05, 4.69) is 22.9 Å². The molecule has 3 nitrogen and oxygen atoms in total. The summed E-state index contributed by atoms with van der Waals surface area (Å²) in [5.74, 6) is 0.850. The van der Waals surface area contributed by atoms with Crippen LogP contribution in [0.15, 0.2) is 40.9 Å². The molecule has 2 aromatic carbocycles. The number of halogens is 1. The van der Waals surface area contributed by atoms with Gasteiger partial charge in [0.05, 0.1) is 0 Å². The third-order valence-electron chi connectivity index (χ3n) is 3.32. The Morgan fingerprint density at radius 1 is 1.09 bits per heavy atom. The highest BCUT2D eigenvalue weighted by atomic mass is 79.9. The van der Waals surface area contributed by atoms with Crippen molar-refractivity contribution in [2.24, 2.45) is 0 Å². The van der Waals surface area contributed by atoms with Gasteiger partial charge >= 0.3 is 5.97 Å². The van der Waals surface area contributed by atoms with Crippen LogP contribution in [-0.2, 0) is 11.2 Å². The average Bonchev–Trinajstić information content (AvgIpc) is 2.47. The second-order valence-corrected chi connectivity index (χ2v) is 6.04. The topological polar surface area (TPSA) is 35.5 Å². The standard InChI is InChI=1S/C18H19BrO3/c1-4-14-5-7-16(8-6-14)22-17(20)11-21-18-12(2)9-15(19)10-13(18)3/h5-10H,4,11H2,1-3H3. The van der Waals surface area contributed by atoms with Crippen LogP contribution in [0, 0.1) is 13.8 Å². The number of aryl methyl sites for hydroxylation is 3. The zero-order chi connectivity index (χ0) is 16.1. The zero-order valence-corrected chi connectivity index (χ0v) is 14.6. The van der Waals surface area contributed by atoms with Gasteiger partial charge in [0.2, 0.25) is 0 Å². The molecule has 0 aliphatic carbocycles. The highest BCUT2D eigenvalue weighted by Gasteiger charge is 2.10. The first kappa shape index (κ1) is 16.6. The van der Waals surface area contributed by atoms with E-state index in [1.165, 1.54) is 5.56 Å². The summed E-state index contributed by atoms with van der Waals surface area (Å²) in [5, 5.41) is 0. The quantitative estimate of drug-likeness (QED) is 0.575. The van der Waals surface area contributed by atoms with Crippen molar-refractivity contribution in [3.63, 3.8) is 0 Å².